The van der Waals surface area contributed by atoms with Crippen LogP contribution in [0.3, 0.4) is 0 Å². The molecule has 0 radical (unpaired) electrons. The maximum absolute atomic E-state index is 12.6. The number of amides is 1. The first kappa shape index (κ1) is 32.3. The Kier molecular flexibility index (Phi) is 11.1. The van der Waals surface area contributed by atoms with E-state index >= 15 is 0 Å². The predicted molar refractivity (Wildman–Crippen MR) is 124 cm³/mol. The summed E-state index contributed by atoms with van der Waals surface area (Å²) < 4.78 is 69.4. The van der Waals surface area contributed by atoms with Gasteiger partial charge >= 0.3 is 24.3 Å². The molecular formula is C24H31F6N3O6. The molecule has 2 N–H and O–H groups in total. The van der Waals surface area contributed by atoms with Gasteiger partial charge in [0.25, 0.3) is 5.91 Å². The highest BCUT2D eigenvalue weighted by molar-refractivity contribution is 5.92. The van der Waals surface area contributed by atoms with Crippen LogP contribution in [0.15, 0.2) is 24.4 Å². The smallest absolute Gasteiger partial charge is 0.475 e. The molecule has 39 heavy (non-hydrogen) atoms. The number of aromatic nitrogens is 1. The number of likely N-dealkylation sites (tertiary alicyclic amines) is 2. The van der Waals surface area contributed by atoms with Crippen LogP contribution in [-0.4, -0.2) is 101 Å². The lowest BCUT2D eigenvalue weighted by Gasteiger charge is -2.39. The Labute approximate surface area is 220 Å². The molecule has 4 rings (SSSR count). The van der Waals surface area contributed by atoms with Gasteiger partial charge in [0.05, 0.1) is 6.61 Å². The number of piperidine rings is 1. The number of carboxylic acids is 2. The summed E-state index contributed by atoms with van der Waals surface area (Å²) in [6.45, 7) is 4.64. The molecular weight excluding hydrogens is 540 g/mol. The highest BCUT2D eigenvalue weighted by Gasteiger charge is 2.45. The first-order chi connectivity index (χ1) is 18.0. The van der Waals surface area contributed by atoms with Gasteiger partial charge < -0.3 is 24.7 Å². The van der Waals surface area contributed by atoms with Crippen LogP contribution in [0.2, 0.25) is 0 Å². The molecule has 1 aromatic rings. The Hall–Kier alpha value is -2.94. The Balaban J connectivity index is 0.000000317. The second-order valence-electron chi connectivity index (χ2n) is 9.87. The van der Waals surface area contributed by atoms with Crippen LogP contribution in [0.4, 0.5) is 26.3 Å². The van der Waals surface area contributed by atoms with Crippen molar-refractivity contribution in [3.8, 4) is 0 Å². The minimum atomic E-state index is -5.08. The monoisotopic (exact) mass is 571 g/mol. The van der Waals surface area contributed by atoms with E-state index in [4.69, 9.17) is 24.5 Å². The lowest BCUT2D eigenvalue weighted by Crippen LogP contribution is -2.44. The van der Waals surface area contributed by atoms with E-state index in [0.717, 1.165) is 51.6 Å². The molecule has 0 bridgehead atoms. The van der Waals surface area contributed by atoms with E-state index in [1.54, 1.807) is 6.20 Å². The Morgan fingerprint density at radius 3 is 1.97 bits per heavy atom. The number of alkyl halides is 6. The normalized spacial score (nSPS) is 20.9. The fourth-order valence-corrected chi connectivity index (χ4v) is 4.42. The number of pyridine rings is 1. The molecule has 2 aliphatic heterocycles. The standard InChI is InChI=1S/C20H29N3O2.2C2HF3O2/c1-22-15-20(12-17(22)14-25-13-16-5-6-16)7-10-23(11-8-20)19(24)18-4-2-3-9-21-18;2*3-2(4,5)1(6)7/h2-4,9,16-17H,5-8,10-15H2,1H3;2*(H,6,7). The third-order valence-corrected chi connectivity index (χ3v) is 6.72. The zero-order valence-corrected chi connectivity index (χ0v) is 21.2. The number of likely N-dealkylation sites (N-methyl/N-ethyl adjacent to an activating group) is 1. The summed E-state index contributed by atoms with van der Waals surface area (Å²) in [6.07, 6.45) is -2.38. The van der Waals surface area contributed by atoms with Crippen LogP contribution in [0, 0.1) is 11.3 Å². The molecule has 1 aromatic heterocycles. The van der Waals surface area contributed by atoms with E-state index in [-0.39, 0.29) is 5.91 Å². The second kappa shape index (κ2) is 13.4. The van der Waals surface area contributed by atoms with Crippen molar-refractivity contribution in [1.82, 2.24) is 14.8 Å². The van der Waals surface area contributed by atoms with E-state index < -0.39 is 24.3 Å². The van der Waals surface area contributed by atoms with Gasteiger partial charge in [0, 0.05) is 38.5 Å². The maximum Gasteiger partial charge on any atom is 0.490 e. The van der Waals surface area contributed by atoms with E-state index in [2.05, 4.69) is 16.9 Å². The molecule has 9 nitrogen and oxygen atoms in total. The van der Waals surface area contributed by atoms with Crippen molar-refractivity contribution >= 4 is 17.8 Å². The molecule has 1 atom stereocenters. The fourth-order valence-electron chi connectivity index (χ4n) is 4.42. The van der Waals surface area contributed by atoms with Crippen LogP contribution >= 0.6 is 0 Å². The van der Waals surface area contributed by atoms with Gasteiger partial charge in [0.1, 0.15) is 5.69 Å². The summed E-state index contributed by atoms with van der Waals surface area (Å²) in [5.74, 6) is -4.60. The third-order valence-electron chi connectivity index (χ3n) is 6.72. The molecule has 1 spiro atoms. The number of carboxylic acid groups (broad SMARTS) is 2. The largest absolute Gasteiger partial charge is 0.490 e. The van der Waals surface area contributed by atoms with Gasteiger partial charge in [-0.3, -0.25) is 9.78 Å². The van der Waals surface area contributed by atoms with Crippen molar-refractivity contribution < 1.29 is 55.7 Å². The van der Waals surface area contributed by atoms with Gasteiger partial charge in [-0.05, 0) is 62.6 Å². The second-order valence-corrected chi connectivity index (χ2v) is 9.87. The summed E-state index contributed by atoms with van der Waals surface area (Å²) in [5, 5.41) is 14.2. The molecule has 3 heterocycles. The van der Waals surface area contributed by atoms with Crippen LogP contribution < -0.4 is 0 Å². The van der Waals surface area contributed by atoms with Crippen molar-refractivity contribution in [3.63, 3.8) is 0 Å². The summed E-state index contributed by atoms with van der Waals surface area (Å²) >= 11 is 0. The van der Waals surface area contributed by atoms with Crippen molar-refractivity contribution in [2.45, 2.75) is 50.5 Å². The summed E-state index contributed by atoms with van der Waals surface area (Å²) in [4.78, 5) is 39.0. The Bertz CT molecular complexity index is 939. The molecule has 2 saturated heterocycles. The van der Waals surface area contributed by atoms with Crippen LogP contribution in [0.25, 0.3) is 0 Å². The highest BCUT2D eigenvalue weighted by Crippen LogP contribution is 2.43. The third kappa shape index (κ3) is 10.6. The summed E-state index contributed by atoms with van der Waals surface area (Å²) in [6, 6.07) is 6.08. The van der Waals surface area contributed by atoms with Crippen LogP contribution in [-0.2, 0) is 14.3 Å². The SMILES string of the molecule is CN1CC2(CCN(C(=O)c3ccccn3)CC2)CC1COCC1CC1.O=C(O)C(F)(F)F.O=C(O)C(F)(F)F. The quantitative estimate of drug-likeness (QED) is 0.514. The summed E-state index contributed by atoms with van der Waals surface area (Å²) in [5.41, 5.74) is 0.928. The number of ether oxygens (including phenoxy) is 1. The molecule has 1 aliphatic carbocycles. The van der Waals surface area contributed by atoms with Gasteiger partial charge in [0.2, 0.25) is 0 Å². The van der Waals surface area contributed by atoms with Crippen LogP contribution in [0.1, 0.15) is 42.6 Å². The number of rotatable bonds is 5. The van der Waals surface area contributed by atoms with E-state index in [1.807, 2.05) is 23.1 Å². The number of aliphatic carboxylic acids is 2. The minimum absolute atomic E-state index is 0.0751. The highest BCUT2D eigenvalue weighted by atomic mass is 19.4. The number of halogens is 6. The molecule has 15 heteroatoms. The first-order valence-corrected chi connectivity index (χ1v) is 12.1. The zero-order valence-electron chi connectivity index (χ0n) is 21.2. The number of carbonyl (C=O) groups is 3. The first-order valence-electron chi connectivity index (χ1n) is 12.1. The predicted octanol–water partition coefficient (Wildman–Crippen LogP) is 3.70. The fraction of sp³-hybridized carbons (Fsp3) is 0.667. The molecule has 220 valence electrons. The van der Waals surface area contributed by atoms with Gasteiger partial charge in [-0.1, -0.05) is 6.07 Å². The van der Waals surface area contributed by atoms with E-state index in [9.17, 15) is 31.1 Å². The number of hydrogen-bond acceptors (Lipinski definition) is 6. The lowest BCUT2D eigenvalue weighted by atomic mass is 9.76. The topological polar surface area (TPSA) is 120 Å². The molecule has 3 aliphatic rings. The number of carbonyl (C=O) groups excluding carboxylic acids is 1. The van der Waals surface area contributed by atoms with Gasteiger partial charge in [0.15, 0.2) is 0 Å². The molecule has 1 amide bonds. The van der Waals surface area contributed by atoms with Crippen molar-refractivity contribution in [2.24, 2.45) is 11.3 Å². The Morgan fingerprint density at radius 2 is 1.54 bits per heavy atom. The molecule has 1 unspecified atom stereocenters. The molecule has 0 aromatic carbocycles. The molecule has 3 fully saturated rings. The zero-order chi connectivity index (χ0) is 29.4. The minimum Gasteiger partial charge on any atom is -0.475 e. The van der Waals surface area contributed by atoms with Crippen LogP contribution in [0.5, 0.6) is 0 Å². The van der Waals surface area contributed by atoms with E-state index in [0.29, 0.717) is 17.2 Å². The van der Waals surface area contributed by atoms with Gasteiger partial charge in [-0.25, -0.2) is 9.59 Å². The lowest BCUT2D eigenvalue weighted by molar-refractivity contribution is -0.193. The van der Waals surface area contributed by atoms with Gasteiger partial charge in [-0.15, -0.1) is 0 Å². The maximum atomic E-state index is 12.6. The number of nitrogens with zero attached hydrogens (tertiary/aromatic N) is 3. The van der Waals surface area contributed by atoms with Gasteiger partial charge in [-0.2, -0.15) is 26.3 Å². The molecule has 1 saturated carbocycles. The Morgan fingerprint density at radius 1 is 1.00 bits per heavy atom. The van der Waals surface area contributed by atoms with Crippen molar-refractivity contribution in [3.05, 3.63) is 30.1 Å². The van der Waals surface area contributed by atoms with E-state index in [1.165, 1.54) is 19.3 Å². The van der Waals surface area contributed by atoms with Crippen molar-refractivity contribution in [2.75, 3.05) is 39.9 Å². The van der Waals surface area contributed by atoms with Crippen molar-refractivity contribution in [1.29, 1.82) is 0 Å². The average Bonchev–Trinajstić information content (AvgIpc) is 3.63. The summed E-state index contributed by atoms with van der Waals surface area (Å²) in [7, 11) is 2.23. The number of hydrogen-bond donors (Lipinski definition) is 2. The average molecular weight is 572 g/mol.